The fourth-order valence-corrected chi connectivity index (χ4v) is 2.84. The summed E-state index contributed by atoms with van der Waals surface area (Å²) in [4.78, 5) is 10.6. The smallest absolute Gasteiger partial charge is 0.305 e. The number of rotatable bonds is 5. The van der Waals surface area contributed by atoms with Crippen molar-refractivity contribution in [3.63, 3.8) is 0 Å². The zero-order chi connectivity index (χ0) is 13.9. The lowest BCUT2D eigenvalue weighted by atomic mass is 10.0. The molecule has 0 aliphatic heterocycles. The monoisotopic (exact) mass is 273 g/mol. The van der Waals surface area contributed by atoms with Gasteiger partial charge in [-0.25, -0.2) is 8.42 Å². The predicted octanol–water partition coefficient (Wildman–Crippen LogP) is 0.573. The number of sulfone groups is 1. The molecule has 6 nitrogen and oxygen atoms in total. The molecule has 0 bridgehead atoms. The molecule has 1 rings (SSSR count). The molecule has 0 heterocycles. The maximum atomic E-state index is 11.7. The molecular formula is C11H15NO5S. The lowest BCUT2D eigenvalue weighted by Gasteiger charge is -2.16. The average molecular weight is 273 g/mol. The number of benzene rings is 1. The number of aliphatic carboxylic acids is 1. The highest BCUT2D eigenvalue weighted by Crippen LogP contribution is 2.31. The first kappa shape index (κ1) is 14.5. The maximum absolute atomic E-state index is 11.7. The summed E-state index contributed by atoms with van der Waals surface area (Å²) in [5.74, 6) is -0.930. The van der Waals surface area contributed by atoms with Crippen molar-refractivity contribution in [1.82, 2.24) is 0 Å². The molecule has 0 aromatic heterocycles. The van der Waals surface area contributed by atoms with Crippen molar-refractivity contribution >= 4 is 15.8 Å². The summed E-state index contributed by atoms with van der Waals surface area (Å²) in [5, 5.41) is 8.70. The van der Waals surface area contributed by atoms with Crippen LogP contribution in [-0.4, -0.2) is 32.9 Å². The number of hydrogen-bond acceptors (Lipinski definition) is 5. The minimum Gasteiger partial charge on any atom is -0.495 e. The van der Waals surface area contributed by atoms with E-state index in [0.717, 1.165) is 6.26 Å². The number of carboxylic acids is 1. The van der Waals surface area contributed by atoms with Crippen molar-refractivity contribution in [3.05, 3.63) is 23.8 Å². The van der Waals surface area contributed by atoms with Gasteiger partial charge in [-0.05, 0) is 11.6 Å². The van der Waals surface area contributed by atoms with Gasteiger partial charge in [0.1, 0.15) is 10.6 Å². The van der Waals surface area contributed by atoms with Crippen molar-refractivity contribution in [1.29, 1.82) is 0 Å². The van der Waals surface area contributed by atoms with E-state index < -0.39 is 21.8 Å². The summed E-state index contributed by atoms with van der Waals surface area (Å²) in [6, 6.07) is 3.66. The maximum Gasteiger partial charge on any atom is 0.305 e. The highest BCUT2D eigenvalue weighted by molar-refractivity contribution is 7.90. The Bertz CT molecular complexity index is 553. The van der Waals surface area contributed by atoms with Crippen molar-refractivity contribution < 1.29 is 23.1 Å². The Labute approximate surface area is 105 Å². The summed E-state index contributed by atoms with van der Waals surface area (Å²) < 4.78 is 28.5. The van der Waals surface area contributed by atoms with Gasteiger partial charge in [-0.2, -0.15) is 0 Å². The molecule has 0 radical (unpaired) electrons. The molecule has 0 amide bonds. The van der Waals surface area contributed by atoms with Crippen LogP contribution >= 0.6 is 0 Å². The first-order valence-electron chi connectivity index (χ1n) is 5.11. The van der Waals surface area contributed by atoms with Gasteiger partial charge in [-0.1, -0.05) is 12.1 Å². The van der Waals surface area contributed by atoms with E-state index in [2.05, 4.69) is 0 Å². The standard InChI is InChI=1S/C11H15NO5S/c1-17-9-5-3-4-7(8(12)6-10(13)14)11(9)18(2,15)16/h3-5,8H,6,12H2,1-2H3,(H,13,14). The minimum absolute atomic E-state index is 0.0544. The Morgan fingerprint density at radius 1 is 1.50 bits per heavy atom. The van der Waals surface area contributed by atoms with E-state index in [-0.39, 0.29) is 22.6 Å². The largest absolute Gasteiger partial charge is 0.495 e. The molecule has 0 fully saturated rings. The van der Waals surface area contributed by atoms with Gasteiger partial charge >= 0.3 is 5.97 Å². The third kappa shape index (κ3) is 3.21. The summed E-state index contributed by atoms with van der Waals surface area (Å²) >= 11 is 0. The summed E-state index contributed by atoms with van der Waals surface area (Å²) in [7, 11) is -2.21. The molecule has 0 saturated heterocycles. The second-order valence-corrected chi connectivity index (χ2v) is 5.81. The first-order chi connectivity index (χ1) is 8.27. The minimum atomic E-state index is -3.55. The molecule has 0 spiro atoms. The SMILES string of the molecule is COc1cccc(C(N)CC(=O)O)c1S(C)(=O)=O. The highest BCUT2D eigenvalue weighted by Gasteiger charge is 2.23. The Kier molecular flexibility index (Phi) is 4.31. The second-order valence-electron chi connectivity index (χ2n) is 3.86. The van der Waals surface area contributed by atoms with Crippen LogP contribution in [0, 0.1) is 0 Å². The fourth-order valence-electron chi connectivity index (χ4n) is 1.68. The number of carboxylic acid groups (broad SMARTS) is 1. The van der Waals surface area contributed by atoms with Crippen LogP contribution in [0.5, 0.6) is 5.75 Å². The van der Waals surface area contributed by atoms with E-state index in [0.29, 0.717) is 0 Å². The normalized spacial score (nSPS) is 13.1. The Hall–Kier alpha value is -1.60. The van der Waals surface area contributed by atoms with Crippen molar-refractivity contribution in [3.8, 4) is 5.75 Å². The molecule has 0 aliphatic rings. The van der Waals surface area contributed by atoms with Crippen LogP contribution < -0.4 is 10.5 Å². The Morgan fingerprint density at radius 2 is 2.11 bits per heavy atom. The zero-order valence-electron chi connectivity index (χ0n) is 10.1. The van der Waals surface area contributed by atoms with Gasteiger partial charge in [0.2, 0.25) is 0 Å². The van der Waals surface area contributed by atoms with Gasteiger partial charge in [0.15, 0.2) is 9.84 Å². The zero-order valence-corrected chi connectivity index (χ0v) is 10.9. The summed E-state index contributed by atoms with van der Waals surface area (Å²) in [6.07, 6.45) is 0.678. The van der Waals surface area contributed by atoms with E-state index in [9.17, 15) is 13.2 Å². The topological polar surface area (TPSA) is 107 Å². The number of methoxy groups -OCH3 is 1. The van der Waals surface area contributed by atoms with Crippen molar-refractivity contribution in [2.75, 3.05) is 13.4 Å². The second kappa shape index (κ2) is 5.36. The first-order valence-corrected chi connectivity index (χ1v) is 7.01. The van der Waals surface area contributed by atoms with Crippen LogP contribution in [0.15, 0.2) is 23.1 Å². The van der Waals surface area contributed by atoms with Crippen molar-refractivity contribution in [2.45, 2.75) is 17.4 Å². The lowest BCUT2D eigenvalue weighted by Crippen LogP contribution is -2.18. The molecule has 7 heteroatoms. The molecular weight excluding hydrogens is 258 g/mol. The molecule has 1 atom stereocenters. The van der Waals surface area contributed by atoms with Gasteiger partial charge in [0.05, 0.1) is 13.5 Å². The molecule has 1 unspecified atom stereocenters. The number of hydrogen-bond donors (Lipinski definition) is 2. The molecule has 0 aliphatic carbocycles. The fraction of sp³-hybridized carbons (Fsp3) is 0.364. The van der Waals surface area contributed by atoms with E-state index >= 15 is 0 Å². The molecule has 0 saturated carbocycles. The van der Waals surface area contributed by atoms with E-state index in [1.807, 2.05) is 0 Å². The Morgan fingerprint density at radius 3 is 2.56 bits per heavy atom. The van der Waals surface area contributed by atoms with Gasteiger partial charge < -0.3 is 15.6 Å². The van der Waals surface area contributed by atoms with Gasteiger partial charge in [0.25, 0.3) is 0 Å². The average Bonchev–Trinajstić information content (AvgIpc) is 2.25. The van der Waals surface area contributed by atoms with Crippen LogP contribution in [0.1, 0.15) is 18.0 Å². The van der Waals surface area contributed by atoms with Crippen molar-refractivity contribution in [2.24, 2.45) is 5.73 Å². The summed E-state index contributed by atoms with van der Waals surface area (Å²) in [6.45, 7) is 0. The molecule has 18 heavy (non-hydrogen) atoms. The van der Waals surface area contributed by atoms with Crippen LogP contribution in [-0.2, 0) is 14.6 Å². The van der Waals surface area contributed by atoms with Gasteiger partial charge in [-0.3, -0.25) is 4.79 Å². The van der Waals surface area contributed by atoms with Crippen LogP contribution in [0.3, 0.4) is 0 Å². The Balaban J connectivity index is 3.40. The highest BCUT2D eigenvalue weighted by atomic mass is 32.2. The third-order valence-corrected chi connectivity index (χ3v) is 3.57. The molecule has 1 aromatic carbocycles. The van der Waals surface area contributed by atoms with E-state index in [1.54, 1.807) is 6.07 Å². The van der Waals surface area contributed by atoms with Crippen LogP contribution in [0.2, 0.25) is 0 Å². The van der Waals surface area contributed by atoms with Crippen LogP contribution in [0.25, 0.3) is 0 Å². The molecule has 1 aromatic rings. The third-order valence-electron chi connectivity index (χ3n) is 2.39. The number of carbonyl (C=O) groups is 1. The van der Waals surface area contributed by atoms with Gasteiger partial charge in [-0.15, -0.1) is 0 Å². The predicted molar refractivity (Wildman–Crippen MR) is 65.3 cm³/mol. The van der Waals surface area contributed by atoms with E-state index in [4.69, 9.17) is 15.6 Å². The van der Waals surface area contributed by atoms with E-state index in [1.165, 1.54) is 19.2 Å². The summed E-state index contributed by atoms with van der Waals surface area (Å²) in [5.41, 5.74) is 5.97. The quantitative estimate of drug-likeness (QED) is 0.812. The number of nitrogens with two attached hydrogens (primary N) is 1. The number of ether oxygens (including phenoxy) is 1. The van der Waals surface area contributed by atoms with Crippen LogP contribution in [0.4, 0.5) is 0 Å². The molecule has 3 N–H and O–H groups in total. The molecule has 100 valence electrons. The van der Waals surface area contributed by atoms with Gasteiger partial charge in [0, 0.05) is 12.3 Å². The lowest BCUT2D eigenvalue weighted by molar-refractivity contribution is -0.137.